The number of hydrogen-bond donors (Lipinski definition) is 0. The van der Waals surface area contributed by atoms with Gasteiger partial charge < -0.3 is 9.80 Å². The molecule has 1 amide bonds. The fourth-order valence-corrected chi connectivity index (χ4v) is 3.28. The Labute approximate surface area is 135 Å². The standard InChI is InChI=1S/C18H20FN3O/c19-16-12-14(13-20)6-7-17(16)21-8-10-22(11-9-21)18(23)15-4-2-1-3-5-15/h1-2,6-7,12,15H,3-5,8-11H2. The molecule has 3 rings (SSSR count). The zero-order valence-corrected chi connectivity index (χ0v) is 13.0. The maximum absolute atomic E-state index is 14.1. The molecule has 23 heavy (non-hydrogen) atoms. The van der Waals surface area contributed by atoms with E-state index in [0.717, 1.165) is 19.3 Å². The highest BCUT2D eigenvalue weighted by molar-refractivity contribution is 5.79. The number of nitriles is 1. The van der Waals surface area contributed by atoms with Gasteiger partial charge in [0, 0.05) is 32.1 Å². The molecule has 0 spiro atoms. The quantitative estimate of drug-likeness (QED) is 0.789. The first-order chi connectivity index (χ1) is 11.2. The Bertz CT molecular complexity index is 657. The van der Waals surface area contributed by atoms with Gasteiger partial charge in [-0.05, 0) is 37.5 Å². The summed E-state index contributed by atoms with van der Waals surface area (Å²) in [5, 5.41) is 8.80. The molecule has 1 heterocycles. The predicted octanol–water partition coefficient (Wildman–Crippen LogP) is 2.70. The van der Waals surface area contributed by atoms with Gasteiger partial charge in [0.1, 0.15) is 5.82 Å². The Morgan fingerprint density at radius 1 is 1.22 bits per heavy atom. The van der Waals surface area contributed by atoms with Gasteiger partial charge in [0.25, 0.3) is 0 Å². The van der Waals surface area contributed by atoms with Crippen molar-refractivity contribution >= 4 is 11.6 Å². The number of hydrogen-bond acceptors (Lipinski definition) is 3. The number of benzene rings is 1. The second-order valence-corrected chi connectivity index (χ2v) is 6.07. The van der Waals surface area contributed by atoms with E-state index in [2.05, 4.69) is 12.2 Å². The molecule has 2 aliphatic rings. The molecule has 5 heteroatoms. The molecule has 0 aromatic heterocycles. The number of amides is 1. The van der Waals surface area contributed by atoms with Gasteiger partial charge >= 0.3 is 0 Å². The summed E-state index contributed by atoms with van der Waals surface area (Å²) in [6.07, 6.45) is 6.97. The molecule has 0 bridgehead atoms. The molecule has 0 N–H and O–H groups in total. The Balaban J connectivity index is 1.61. The zero-order valence-electron chi connectivity index (χ0n) is 13.0. The lowest BCUT2D eigenvalue weighted by atomic mass is 9.93. The number of halogens is 1. The molecule has 1 aliphatic carbocycles. The lowest BCUT2D eigenvalue weighted by Crippen LogP contribution is -2.50. The maximum Gasteiger partial charge on any atom is 0.226 e. The number of allylic oxidation sites excluding steroid dienone is 2. The first-order valence-corrected chi connectivity index (χ1v) is 8.07. The lowest BCUT2D eigenvalue weighted by molar-refractivity contribution is -0.136. The molecule has 120 valence electrons. The van der Waals surface area contributed by atoms with Crippen LogP contribution >= 0.6 is 0 Å². The van der Waals surface area contributed by atoms with Crippen LogP contribution in [0.3, 0.4) is 0 Å². The van der Waals surface area contributed by atoms with Crippen LogP contribution in [0.15, 0.2) is 30.4 Å². The first-order valence-electron chi connectivity index (χ1n) is 8.07. The minimum absolute atomic E-state index is 0.109. The lowest BCUT2D eigenvalue weighted by Gasteiger charge is -2.38. The van der Waals surface area contributed by atoms with Gasteiger partial charge in [-0.1, -0.05) is 12.2 Å². The van der Waals surface area contributed by atoms with Gasteiger partial charge in [-0.3, -0.25) is 4.79 Å². The van der Waals surface area contributed by atoms with E-state index in [-0.39, 0.29) is 17.6 Å². The maximum atomic E-state index is 14.1. The average molecular weight is 313 g/mol. The van der Waals surface area contributed by atoms with Crippen molar-refractivity contribution in [3.05, 3.63) is 41.7 Å². The fraction of sp³-hybridized carbons (Fsp3) is 0.444. The number of anilines is 1. The zero-order chi connectivity index (χ0) is 16.2. The van der Waals surface area contributed by atoms with Crippen LogP contribution in [0.1, 0.15) is 24.8 Å². The van der Waals surface area contributed by atoms with Crippen molar-refractivity contribution in [3.63, 3.8) is 0 Å². The SMILES string of the molecule is N#Cc1ccc(N2CCN(C(=O)C3CC=CCC3)CC2)c(F)c1. The van der Waals surface area contributed by atoms with E-state index in [0.29, 0.717) is 37.4 Å². The minimum atomic E-state index is -0.374. The Morgan fingerprint density at radius 3 is 2.61 bits per heavy atom. The van der Waals surface area contributed by atoms with Crippen LogP contribution in [0, 0.1) is 23.1 Å². The highest BCUT2D eigenvalue weighted by Gasteiger charge is 2.28. The third-order valence-electron chi connectivity index (χ3n) is 4.63. The van der Waals surface area contributed by atoms with Crippen molar-refractivity contribution < 1.29 is 9.18 Å². The summed E-state index contributed by atoms with van der Waals surface area (Å²) in [6.45, 7) is 2.49. The highest BCUT2D eigenvalue weighted by Crippen LogP contribution is 2.24. The molecule has 1 aromatic rings. The minimum Gasteiger partial charge on any atom is -0.366 e. The molecule has 4 nitrogen and oxygen atoms in total. The van der Waals surface area contributed by atoms with Crippen molar-refractivity contribution in [1.82, 2.24) is 4.90 Å². The summed E-state index contributed by atoms with van der Waals surface area (Å²) in [6, 6.07) is 6.48. The van der Waals surface area contributed by atoms with Gasteiger partial charge in [0.15, 0.2) is 0 Å². The molecule has 1 aromatic carbocycles. The first kappa shape index (κ1) is 15.5. The molecule has 1 fully saturated rings. The van der Waals surface area contributed by atoms with E-state index in [9.17, 15) is 9.18 Å². The van der Waals surface area contributed by atoms with E-state index in [1.807, 2.05) is 15.9 Å². The molecular weight excluding hydrogens is 293 g/mol. The molecule has 1 atom stereocenters. The summed E-state index contributed by atoms with van der Waals surface area (Å²) >= 11 is 0. The van der Waals surface area contributed by atoms with Crippen molar-refractivity contribution in [2.75, 3.05) is 31.1 Å². The highest BCUT2D eigenvalue weighted by atomic mass is 19.1. The Hall–Kier alpha value is -2.35. The van der Waals surface area contributed by atoms with Crippen molar-refractivity contribution in [2.24, 2.45) is 5.92 Å². The van der Waals surface area contributed by atoms with Gasteiger partial charge in [0.2, 0.25) is 5.91 Å². The van der Waals surface area contributed by atoms with E-state index in [4.69, 9.17) is 5.26 Å². The second kappa shape index (κ2) is 6.82. The van der Waals surface area contributed by atoms with Gasteiger partial charge in [-0.2, -0.15) is 5.26 Å². The van der Waals surface area contributed by atoms with Crippen LogP contribution in [0.4, 0.5) is 10.1 Å². The number of rotatable bonds is 2. The Morgan fingerprint density at radius 2 is 2.00 bits per heavy atom. The third-order valence-corrected chi connectivity index (χ3v) is 4.63. The van der Waals surface area contributed by atoms with Gasteiger partial charge in [-0.25, -0.2) is 4.39 Å². The van der Waals surface area contributed by atoms with Crippen LogP contribution < -0.4 is 4.90 Å². The van der Waals surface area contributed by atoms with Crippen molar-refractivity contribution in [2.45, 2.75) is 19.3 Å². The van der Waals surface area contributed by atoms with E-state index >= 15 is 0 Å². The number of nitrogens with zero attached hydrogens (tertiary/aromatic N) is 3. The number of carbonyl (C=O) groups is 1. The van der Waals surface area contributed by atoms with Crippen LogP contribution in [0.25, 0.3) is 0 Å². The summed E-state index contributed by atoms with van der Waals surface area (Å²) < 4.78 is 14.1. The second-order valence-electron chi connectivity index (χ2n) is 6.07. The van der Waals surface area contributed by atoms with Gasteiger partial charge in [0.05, 0.1) is 17.3 Å². The molecule has 0 saturated carbocycles. The van der Waals surface area contributed by atoms with Crippen LogP contribution in [0.5, 0.6) is 0 Å². The molecule has 1 unspecified atom stereocenters. The van der Waals surface area contributed by atoms with E-state index < -0.39 is 0 Å². The predicted molar refractivity (Wildman–Crippen MR) is 86.4 cm³/mol. The van der Waals surface area contributed by atoms with Crippen molar-refractivity contribution in [1.29, 1.82) is 5.26 Å². The molecule has 1 aliphatic heterocycles. The van der Waals surface area contributed by atoms with Crippen LogP contribution in [0.2, 0.25) is 0 Å². The normalized spacial score (nSPS) is 21.1. The van der Waals surface area contributed by atoms with Crippen LogP contribution in [-0.2, 0) is 4.79 Å². The summed E-state index contributed by atoms with van der Waals surface area (Å²) in [7, 11) is 0. The molecule has 1 saturated heterocycles. The summed E-state index contributed by atoms with van der Waals surface area (Å²) in [5.41, 5.74) is 0.835. The van der Waals surface area contributed by atoms with Gasteiger partial charge in [-0.15, -0.1) is 0 Å². The van der Waals surface area contributed by atoms with E-state index in [1.54, 1.807) is 12.1 Å². The van der Waals surface area contributed by atoms with Crippen LogP contribution in [-0.4, -0.2) is 37.0 Å². The average Bonchev–Trinajstić information content (AvgIpc) is 2.62. The summed E-state index contributed by atoms with van der Waals surface area (Å²) in [5.74, 6) is -0.0336. The number of piperazine rings is 1. The smallest absolute Gasteiger partial charge is 0.226 e. The fourth-order valence-electron chi connectivity index (χ4n) is 3.28. The third kappa shape index (κ3) is 3.37. The Kier molecular flexibility index (Phi) is 4.61. The van der Waals surface area contributed by atoms with E-state index in [1.165, 1.54) is 6.07 Å². The topological polar surface area (TPSA) is 47.3 Å². The number of carbonyl (C=O) groups excluding carboxylic acids is 1. The monoisotopic (exact) mass is 313 g/mol. The largest absolute Gasteiger partial charge is 0.366 e. The molecule has 0 radical (unpaired) electrons. The van der Waals surface area contributed by atoms with Crippen molar-refractivity contribution in [3.8, 4) is 6.07 Å². The molecular formula is C18H20FN3O. The summed E-state index contributed by atoms with van der Waals surface area (Å²) in [4.78, 5) is 16.4.